The van der Waals surface area contributed by atoms with Crippen molar-refractivity contribution >= 4 is 34.8 Å². The molecular weight excluding hydrogens is 283 g/mol. The van der Waals surface area contributed by atoms with E-state index in [0.717, 1.165) is 13.0 Å². The zero-order valence-electron chi connectivity index (χ0n) is 11.1. The van der Waals surface area contributed by atoms with Crippen LogP contribution >= 0.6 is 23.2 Å². The highest BCUT2D eigenvalue weighted by molar-refractivity contribution is 6.35. The second-order valence-electron chi connectivity index (χ2n) is 4.38. The molecule has 0 fully saturated rings. The van der Waals surface area contributed by atoms with Gasteiger partial charge in [0, 0.05) is 18.0 Å². The third-order valence-electron chi connectivity index (χ3n) is 2.69. The van der Waals surface area contributed by atoms with E-state index in [9.17, 15) is 4.79 Å². The number of benzene rings is 1. The van der Waals surface area contributed by atoms with Crippen molar-refractivity contribution in [3.05, 3.63) is 28.2 Å². The van der Waals surface area contributed by atoms with E-state index in [0.29, 0.717) is 28.7 Å². The predicted octanol–water partition coefficient (Wildman–Crippen LogP) is 4.10. The summed E-state index contributed by atoms with van der Waals surface area (Å²) in [6, 6.07) is 5.01. The first-order chi connectivity index (χ1) is 9.13. The lowest BCUT2D eigenvalue weighted by Gasteiger charge is -2.08. The molecule has 3 nitrogen and oxygen atoms in total. The fourth-order valence-electron chi connectivity index (χ4n) is 1.63. The highest BCUT2D eigenvalue weighted by atomic mass is 35.5. The molecule has 1 rings (SSSR count). The number of rotatable bonds is 8. The number of nitrogens with one attached hydrogen (secondary N) is 2. The van der Waals surface area contributed by atoms with Crippen molar-refractivity contribution in [1.29, 1.82) is 0 Å². The smallest absolute Gasteiger partial charge is 0.225 e. The van der Waals surface area contributed by atoms with Crippen molar-refractivity contribution in [2.45, 2.75) is 32.6 Å². The standard InChI is InChI=1S/C14H20Cl2N2O/c1-2-3-4-8-17-9-7-14(19)18-13-10-11(15)5-6-12(13)16/h5-6,10,17H,2-4,7-9H2,1H3,(H,18,19). The van der Waals surface area contributed by atoms with Crippen LogP contribution in [0.25, 0.3) is 0 Å². The predicted molar refractivity (Wildman–Crippen MR) is 82.1 cm³/mol. The monoisotopic (exact) mass is 302 g/mol. The van der Waals surface area contributed by atoms with E-state index in [2.05, 4.69) is 17.6 Å². The number of halogens is 2. The van der Waals surface area contributed by atoms with E-state index in [1.54, 1.807) is 18.2 Å². The van der Waals surface area contributed by atoms with Gasteiger partial charge in [-0.05, 0) is 31.2 Å². The van der Waals surface area contributed by atoms with Crippen molar-refractivity contribution in [3.63, 3.8) is 0 Å². The maximum Gasteiger partial charge on any atom is 0.225 e. The normalized spacial score (nSPS) is 10.5. The first-order valence-corrected chi connectivity index (χ1v) is 7.34. The lowest BCUT2D eigenvalue weighted by atomic mass is 10.2. The molecule has 5 heteroatoms. The highest BCUT2D eigenvalue weighted by Gasteiger charge is 2.06. The zero-order chi connectivity index (χ0) is 14.1. The van der Waals surface area contributed by atoms with Crippen LogP contribution in [0.5, 0.6) is 0 Å². The average molecular weight is 303 g/mol. The average Bonchev–Trinajstić information content (AvgIpc) is 2.38. The van der Waals surface area contributed by atoms with Crippen LogP contribution in [0.4, 0.5) is 5.69 Å². The summed E-state index contributed by atoms with van der Waals surface area (Å²) in [5.74, 6) is -0.0628. The molecule has 0 heterocycles. The van der Waals surface area contributed by atoms with Gasteiger partial charge in [-0.2, -0.15) is 0 Å². The van der Waals surface area contributed by atoms with Crippen LogP contribution in [-0.4, -0.2) is 19.0 Å². The van der Waals surface area contributed by atoms with Crippen LogP contribution in [0.3, 0.4) is 0 Å². The molecule has 0 bridgehead atoms. The Morgan fingerprint density at radius 2 is 2.00 bits per heavy atom. The van der Waals surface area contributed by atoms with Crippen LogP contribution in [-0.2, 0) is 4.79 Å². The van der Waals surface area contributed by atoms with Gasteiger partial charge < -0.3 is 10.6 Å². The van der Waals surface area contributed by atoms with Crippen molar-refractivity contribution < 1.29 is 4.79 Å². The van der Waals surface area contributed by atoms with Crippen LogP contribution in [0.1, 0.15) is 32.6 Å². The molecule has 0 aromatic heterocycles. The Labute approximate surface area is 124 Å². The van der Waals surface area contributed by atoms with Crippen molar-refractivity contribution in [2.24, 2.45) is 0 Å². The molecule has 0 atom stereocenters. The lowest BCUT2D eigenvalue weighted by molar-refractivity contribution is -0.116. The van der Waals surface area contributed by atoms with Crippen LogP contribution in [0, 0.1) is 0 Å². The number of amides is 1. The highest BCUT2D eigenvalue weighted by Crippen LogP contribution is 2.25. The molecule has 1 aromatic carbocycles. The molecule has 2 N–H and O–H groups in total. The second-order valence-corrected chi connectivity index (χ2v) is 5.22. The minimum atomic E-state index is -0.0628. The summed E-state index contributed by atoms with van der Waals surface area (Å²) in [6.45, 7) is 3.80. The number of carbonyl (C=O) groups is 1. The first-order valence-electron chi connectivity index (χ1n) is 6.59. The van der Waals surface area contributed by atoms with Crippen LogP contribution in [0.2, 0.25) is 10.0 Å². The number of hydrogen-bond acceptors (Lipinski definition) is 2. The van der Waals surface area contributed by atoms with E-state index in [1.165, 1.54) is 12.8 Å². The minimum absolute atomic E-state index is 0.0628. The van der Waals surface area contributed by atoms with Gasteiger partial charge in [0.15, 0.2) is 0 Å². The molecule has 106 valence electrons. The molecular formula is C14H20Cl2N2O. The summed E-state index contributed by atoms with van der Waals surface area (Å²) >= 11 is 11.8. The van der Waals surface area contributed by atoms with Crippen LogP contribution < -0.4 is 10.6 Å². The first kappa shape index (κ1) is 16.3. The Morgan fingerprint density at radius 1 is 1.21 bits per heavy atom. The quantitative estimate of drug-likeness (QED) is 0.710. The summed E-state index contributed by atoms with van der Waals surface area (Å²) < 4.78 is 0. The van der Waals surface area contributed by atoms with E-state index >= 15 is 0 Å². The minimum Gasteiger partial charge on any atom is -0.325 e. The molecule has 0 saturated carbocycles. The number of anilines is 1. The van der Waals surface area contributed by atoms with Crippen molar-refractivity contribution in [2.75, 3.05) is 18.4 Å². The molecule has 0 saturated heterocycles. The molecule has 1 amide bonds. The van der Waals surface area contributed by atoms with Crippen LogP contribution in [0.15, 0.2) is 18.2 Å². The SMILES string of the molecule is CCCCCNCCC(=O)Nc1cc(Cl)ccc1Cl. The van der Waals surface area contributed by atoms with Gasteiger partial charge in [-0.3, -0.25) is 4.79 Å². The second kappa shape index (κ2) is 9.18. The third kappa shape index (κ3) is 6.81. The van der Waals surface area contributed by atoms with Gasteiger partial charge in [-0.1, -0.05) is 43.0 Å². The van der Waals surface area contributed by atoms with E-state index in [4.69, 9.17) is 23.2 Å². The third-order valence-corrected chi connectivity index (χ3v) is 3.25. The Hall–Kier alpha value is -0.770. The fraction of sp³-hybridized carbons (Fsp3) is 0.500. The largest absolute Gasteiger partial charge is 0.325 e. The Kier molecular flexibility index (Phi) is 7.87. The van der Waals surface area contributed by atoms with Gasteiger partial charge in [0.2, 0.25) is 5.91 Å². The Balaban J connectivity index is 2.25. The molecule has 19 heavy (non-hydrogen) atoms. The Morgan fingerprint density at radius 3 is 2.74 bits per heavy atom. The molecule has 0 radical (unpaired) electrons. The lowest BCUT2D eigenvalue weighted by Crippen LogP contribution is -2.22. The number of hydrogen-bond donors (Lipinski definition) is 2. The molecule has 0 aliphatic heterocycles. The Bertz CT molecular complexity index is 410. The molecule has 0 unspecified atom stereocenters. The molecule has 0 aliphatic carbocycles. The maximum atomic E-state index is 11.7. The van der Waals surface area contributed by atoms with E-state index < -0.39 is 0 Å². The summed E-state index contributed by atoms with van der Waals surface area (Å²) in [7, 11) is 0. The molecule has 1 aromatic rings. The van der Waals surface area contributed by atoms with Gasteiger partial charge in [0.05, 0.1) is 10.7 Å². The van der Waals surface area contributed by atoms with Gasteiger partial charge in [0.25, 0.3) is 0 Å². The fourth-order valence-corrected chi connectivity index (χ4v) is 1.97. The topological polar surface area (TPSA) is 41.1 Å². The van der Waals surface area contributed by atoms with Gasteiger partial charge >= 0.3 is 0 Å². The molecule has 0 aliphatic rings. The van der Waals surface area contributed by atoms with E-state index in [1.807, 2.05) is 0 Å². The van der Waals surface area contributed by atoms with E-state index in [-0.39, 0.29) is 5.91 Å². The van der Waals surface area contributed by atoms with Gasteiger partial charge in [-0.25, -0.2) is 0 Å². The number of carbonyl (C=O) groups excluding carboxylic acids is 1. The number of unbranched alkanes of at least 4 members (excludes halogenated alkanes) is 2. The summed E-state index contributed by atoms with van der Waals surface area (Å²) in [6.07, 6.45) is 4.00. The van der Waals surface area contributed by atoms with Crippen molar-refractivity contribution in [3.8, 4) is 0 Å². The summed E-state index contributed by atoms with van der Waals surface area (Å²) in [5.41, 5.74) is 0.560. The summed E-state index contributed by atoms with van der Waals surface area (Å²) in [4.78, 5) is 11.7. The summed E-state index contributed by atoms with van der Waals surface area (Å²) in [5, 5.41) is 7.05. The van der Waals surface area contributed by atoms with Gasteiger partial charge in [0.1, 0.15) is 0 Å². The molecule has 0 spiro atoms. The maximum absolute atomic E-state index is 11.7. The zero-order valence-corrected chi connectivity index (χ0v) is 12.7. The van der Waals surface area contributed by atoms with Gasteiger partial charge in [-0.15, -0.1) is 0 Å². The van der Waals surface area contributed by atoms with Crippen molar-refractivity contribution in [1.82, 2.24) is 5.32 Å².